The zero-order chi connectivity index (χ0) is 19.2. The van der Waals surface area contributed by atoms with Gasteiger partial charge in [-0.25, -0.2) is 0 Å². The number of hydrogen-bond donors (Lipinski definition) is 0. The molecule has 144 valence electrons. The lowest BCUT2D eigenvalue weighted by Gasteiger charge is -2.40. The number of carbonyl (C=O) groups excluding carboxylic acids is 1. The quantitative estimate of drug-likeness (QED) is 0.698. The van der Waals surface area contributed by atoms with E-state index in [0.29, 0.717) is 5.91 Å². The lowest BCUT2D eigenvalue weighted by Crippen LogP contribution is -2.51. The van der Waals surface area contributed by atoms with Gasteiger partial charge in [0.2, 0.25) is 5.91 Å². The topological polar surface area (TPSA) is 23.6 Å². The van der Waals surface area contributed by atoms with Gasteiger partial charge in [0.05, 0.1) is 6.04 Å². The number of carbonyl (C=O) groups is 1. The third-order valence-corrected chi connectivity index (χ3v) is 5.88. The summed E-state index contributed by atoms with van der Waals surface area (Å²) < 4.78 is 0. The SMILES string of the molecule is CCC(CC)C(=O)N1CCN(C(c2ccccc2)c2ccc(Cl)cc2)CC1. The molecule has 0 bridgehead atoms. The van der Waals surface area contributed by atoms with Gasteiger partial charge in [-0.2, -0.15) is 0 Å². The average Bonchev–Trinajstić information content (AvgIpc) is 2.72. The summed E-state index contributed by atoms with van der Waals surface area (Å²) in [5.74, 6) is 0.486. The van der Waals surface area contributed by atoms with E-state index in [-0.39, 0.29) is 12.0 Å². The smallest absolute Gasteiger partial charge is 0.225 e. The van der Waals surface area contributed by atoms with Crippen molar-refractivity contribution in [3.05, 3.63) is 70.7 Å². The Labute approximate surface area is 167 Å². The van der Waals surface area contributed by atoms with Crippen molar-refractivity contribution in [2.45, 2.75) is 32.7 Å². The molecule has 0 aliphatic carbocycles. The minimum absolute atomic E-state index is 0.165. The summed E-state index contributed by atoms with van der Waals surface area (Å²) in [6.07, 6.45) is 1.85. The number of benzene rings is 2. The van der Waals surface area contributed by atoms with Crippen molar-refractivity contribution in [2.24, 2.45) is 5.92 Å². The van der Waals surface area contributed by atoms with Crippen LogP contribution in [0.5, 0.6) is 0 Å². The number of nitrogens with zero attached hydrogens (tertiary/aromatic N) is 2. The Kier molecular flexibility index (Phi) is 6.92. The molecule has 0 aromatic heterocycles. The van der Waals surface area contributed by atoms with Crippen molar-refractivity contribution in [1.82, 2.24) is 9.80 Å². The summed E-state index contributed by atoms with van der Waals surface area (Å²) in [7, 11) is 0. The van der Waals surface area contributed by atoms with Gasteiger partial charge >= 0.3 is 0 Å². The maximum atomic E-state index is 12.7. The first-order valence-corrected chi connectivity index (χ1v) is 10.3. The molecule has 0 spiro atoms. The Morgan fingerprint density at radius 2 is 1.44 bits per heavy atom. The van der Waals surface area contributed by atoms with Crippen molar-refractivity contribution < 1.29 is 4.79 Å². The normalized spacial score (nSPS) is 16.5. The maximum absolute atomic E-state index is 12.7. The van der Waals surface area contributed by atoms with Crippen molar-refractivity contribution in [1.29, 1.82) is 0 Å². The lowest BCUT2D eigenvalue weighted by molar-refractivity contribution is -0.137. The number of rotatable bonds is 6. The molecule has 3 nitrogen and oxygen atoms in total. The molecular formula is C23H29ClN2O. The van der Waals surface area contributed by atoms with Crippen LogP contribution in [0.2, 0.25) is 5.02 Å². The van der Waals surface area contributed by atoms with Gasteiger partial charge in [-0.05, 0) is 36.1 Å². The molecule has 1 fully saturated rings. The van der Waals surface area contributed by atoms with Crippen LogP contribution in [0.4, 0.5) is 0 Å². The number of amides is 1. The highest BCUT2D eigenvalue weighted by molar-refractivity contribution is 6.30. The highest BCUT2D eigenvalue weighted by Crippen LogP contribution is 2.30. The third kappa shape index (κ3) is 4.72. The van der Waals surface area contributed by atoms with Crippen molar-refractivity contribution >= 4 is 17.5 Å². The van der Waals surface area contributed by atoms with Gasteiger partial charge < -0.3 is 4.90 Å². The molecule has 27 heavy (non-hydrogen) atoms. The molecule has 1 aliphatic heterocycles. The Hall–Kier alpha value is -1.84. The van der Waals surface area contributed by atoms with Gasteiger partial charge in [0.1, 0.15) is 0 Å². The third-order valence-electron chi connectivity index (χ3n) is 5.63. The molecule has 2 aromatic rings. The predicted octanol–water partition coefficient (Wildman–Crippen LogP) is 5.01. The average molecular weight is 385 g/mol. The minimum Gasteiger partial charge on any atom is -0.340 e. The van der Waals surface area contributed by atoms with E-state index in [9.17, 15) is 4.79 Å². The summed E-state index contributed by atoms with van der Waals surface area (Å²) in [5, 5.41) is 0.756. The molecule has 0 radical (unpaired) electrons. The molecule has 4 heteroatoms. The Morgan fingerprint density at radius 1 is 0.889 bits per heavy atom. The Balaban J connectivity index is 1.77. The zero-order valence-corrected chi connectivity index (χ0v) is 17.0. The van der Waals surface area contributed by atoms with E-state index in [0.717, 1.165) is 44.0 Å². The van der Waals surface area contributed by atoms with E-state index in [4.69, 9.17) is 11.6 Å². The van der Waals surface area contributed by atoms with Crippen molar-refractivity contribution in [2.75, 3.05) is 26.2 Å². The summed E-state index contributed by atoms with van der Waals surface area (Å²) in [5.41, 5.74) is 2.52. The van der Waals surface area contributed by atoms with Crippen molar-refractivity contribution in [3.63, 3.8) is 0 Å². The van der Waals surface area contributed by atoms with Gasteiger partial charge in [0.15, 0.2) is 0 Å². The first-order valence-electron chi connectivity index (χ1n) is 9.97. The Morgan fingerprint density at radius 3 is 2.00 bits per heavy atom. The molecular weight excluding hydrogens is 356 g/mol. The van der Waals surface area contributed by atoms with Crippen LogP contribution in [0.1, 0.15) is 43.9 Å². The molecule has 1 amide bonds. The van der Waals surface area contributed by atoms with Crippen LogP contribution >= 0.6 is 11.6 Å². The number of halogens is 1. The second-order valence-corrected chi connectivity index (χ2v) is 7.68. The molecule has 3 rings (SSSR count). The molecule has 1 saturated heterocycles. The highest BCUT2D eigenvalue weighted by atomic mass is 35.5. The van der Waals surface area contributed by atoms with Gasteiger partial charge in [-0.3, -0.25) is 9.69 Å². The first kappa shape index (κ1) is 19.9. The first-order chi connectivity index (χ1) is 13.1. The van der Waals surface area contributed by atoms with E-state index in [1.165, 1.54) is 11.1 Å². The molecule has 0 N–H and O–H groups in total. The van der Waals surface area contributed by atoms with E-state index >= 15 is 0 Å². The minimum atomic E-state index is 0.165. The van der Waals surface area contributed by atoms with Crippen LogP contribution in [0.25, 0.3) is 0 Å². The fourth-order valence-electron chi connectivity index (χ4n) is 3.99. The zero-order valence-electron chi connectivity index (χ0n) is 16.3. The fourth-order valence-corrected chi connectivity index (χ4v) is 4.12. The standard InChI is InChI=1S/C23H29ClN2O/c1-3-18(4-2)23(27)26-16-14-25(15-17-26)22(19-8-6-5-7-9-19)20-10-12-21(24)13-11-20/h5-13,18,22H,3-4,14-17H2,1-2H3. The number of hydrogen-bond acceptors (Lipinski definition) is 2. The van der Waals surface area contributed by atoms with Crippen LogP contribution in [0.15, 0.2) is 54.6 Å². The highest BCUT2D eigenvalue weighted by Gasteiger charge is 2.29. The molecule has 2 aromatic carbocycles. The second-order valence-electron chi connectivity index (χ2n) is 7.24. The summed E-state index contributed by atoms with van der Waals surface area (Å²) in [6, 6.07) is 18.9. The van der Waals surface area contributed by atoms with Crippen molar-refractivity contribution in [3.8, 4) is 0 Å². The van der Waals surface area contributed by atoms with Crippen LogP contribution in [0, 0.1) is 5.92 Å². The lowest BCUT2D eigenvalue weighted by atomic mass is 9.96. The van der Waals surface area contributed by atoms with E-state index in [1.807, 2.05) is 12.1 Å². The van der Waals surface area contributed by atoms with Crippen LogP contribution < -0.4 is 0 Å². The molecule has 1 aliphatic rings. The number of piperazine rings is 1. The van der Waals surface area contributed by atoms with Crippen LogP contribution in [0.3, 0.4) is 0 Å². The van der Waals surface area contributed by atoms with Gasteiger partial charge in [0.25, 0.3) is 0 Å². The Bertz CT molecular complexity index is 720. The fraction of sp³-hybridized carbons (Fsp3) is 0.435. The summed E-state index contributed by atoms with van der Waals surface area (Å²) in [6.45, 7) is 7.57. The summed E-state index contributed by atoms with van der Waals surface area (Å²) in [4.78, 5) is 17.2. The molecule has 1 heterocycles. The van der Waals surface area contributed by atoms with E-state index < -0.39 is 0 Å². The van der Waals surface area contributed by atoms with E-state index in [2.05, 4.69) is 66.1 Å². The maximum Gasteiger partial charge on any atom is 0.225 e. The van der Waals surface area contributed by atoms with Gasteiger partial charge in [-0.15, -0.1) is 0 Å². The summed E-state index contributed by atoms with van der Waals surface area (Å²) >= 11 is 6.10. The molecule has 0 saturated carbocycles. The second kappa shape index (κ2) is 9.38. The predicted molar refractivity (Wildman–Crippen MR) is 112 cm³/mol. The molecule has 1 atom stereocenters. The van der Waals surface area contributed by atoms with Crippen LogP contribution in [-0.2, 0) is 4.79 Å². The van der Waals surface area contributed by atoms with E-state index in [1.54, 1.807) is 0 Å². The largest absolute Gasteiger partial charge is 0.340 e. The van der Waals surface area contributed by atoms with Gasteiger partial charge in [-0.1, -0.05) is 67.9 Å². The molecule has 1 unspecified atom stereocenters. The monoisotopic (exact) mass is 384 g/mol. The van der Waals surface area contributed by atoms with Crippen LogP contribution in [-0.4, -0.2) is 41.9 Å². The van der Waals surface area contributed by atoms with Gasteiger partial charge in [0, 0.05) is 37.1 Å².